The second-order valence-corrected chi connectivity index (χ2v) is 6.10. The minimum atomic E-state index is -0.371. The van der Waals surface area contributed by atoms with Gasteiger partial charge in [-0.05, 0) is 51.1 Å². The first-order valence-corrected chi connectivity index (χ1v) is 9.51. The molecule has 0 unspecified atom stereocenters. The largest absolute Gasteiger partial charge is 0.490 e. The molecule has 0 heterocycles. The Kier molecular flexibility index (Phi) is 8.04. The first-order chi connectivity index (χ1) is 14.0. The molecule has 0 radical (unpaired) electrons. The van der Waals surface area contributed by atoms with Crippen molar-refractivity contribution in [2.24, 2.45) is 0 Å². The van der Waals surface area contributed by atoms with Gasteiger partial charge in [-0.25, -0.2) is 0 Å². The molecule has 152 valence electrons. The molecule has 1 N–H and O–H groups in total. The predicted octanol–water partition coefficient (Wildman–Crippen LogP) is 3.46. The summed E-state index contributed by atoms with van der Waals surface area (Å²) in [6.45, 7) is 7.07. The summed E-state index contributed by atoms with van der Waals surface area (Å²) in [6.07, 6.45) is 0. The maximum absolute atomic E-state index is 12.5. The molecule has 0 aromatic heterocycles. The van der Waals surface area contributed by atoms with Gasteiger partial charge in [-0.1, -0.05) is 6.07 Å². The van der Waals surface area contributed by atoms with Crippen molar-refractivity contribution in [2.45, 2.75) is 20.8 Å². The molecule has 0 bridgehead atoms. The minimum absolute atomic E-state index is 0.0821. The molecular weight excluding hydrogens is 370 g/mol. The van der Waals surface area contributed by atoms with E-state index in [-0.39, 0.29) is 18.4 Å². The SMILES string of the molecule is CCOc1cc(C#N)ccc1OCC(=O)Nc1cccc(C(=O)N(CC)CC)c1. The third kappa shape index (κ3) is 5.98. The van der Waals surface area contributed by atoms with E-state index in [4.69, 9.17) is 14.7 Å². The van der Waals surface area contributed by atoms with Crippen LogP contribution in [0.15, 0.2) is 42.5 Å². The van der Waals surface area contributed by atoms with Crippen molar-refractivity contribution >= 4 is 17.5 Å². The van der Waals surface area contributed by atoms with Crippen molar-refractivity contribution in [3.8, 4) is 17.6 Å². The molecule has 0 fully saturated rings. The number of rotatable bonds is 9. The second-order valence-electron chi connectivity index (χ2n) is 6.10. The number of anilines is 1. The van der Waals surface area contributed by atoms with Gasteiger partial charge in [-0.15, -0.1) is 0 Å². The highest BCUT2D eigenvalue weighted by Gasteiger charge is 2.14. The Hall–Kier alpha value is -3.53. The molecule has 0 spiro atoms. The normalized spacial score (nSPS) is 10.0. The first kappa shape index (κ1) is 21.8. The van der Waals surface area contributed by atoms with Crippen LogP contribution in [-0.2, 0) is 4.79 Å². The van der Waals surface area contributed by atoms with Crippen LogP contribution in [0, 0.1) is 11.3 Å². The van der Waals surface area contributed by atoms with Crippen molar-refractivity contribution in [1.82, 2.24) is 4.90 Å². The van der Waals surface area contributed by atoms with Crippen LogP contribution in [-0.4, -0.2) is 43.0 Å². The summed E-state index contributed by atoms with van der Waals surface area (Å²) in [6, 6.07) is 13.6. The number of carbonyl (C=O) groups is 2. The lowest BCUT2D eigenvalue weighted by molar-refractivity contribution is -0.118. The van der Waals surface area contributed by atoms with Crippen LogP contribution in [0.5, 0.6) is 11.5 Å². The highest BCUT2D eigenvalue weighted by atomic mass is 16.5. The Balaban J connectivity index is 2.02. The lowest BCUT2D eigenvalue weighted by atomic mass is 10.1. The number of hydrogen-bond acceptors (Lipinski definition) is 5. The molecule has 2 amide bonds. The monoisotopic (exact) mass is 395 g/mol. The van der Waals surface area contributed by atoms with E-state index in [1.165, 1.54) is 0 Å². The molecule has 29 heavy (non-hydrogen) atoms. The highest BCUT2D eigenvalue weighted by molar-refractivity contribution is 5.97. The summed E-state index contributed by atoms with van der Waals surface area (Å²) in [4.78, 5) is 26.5. The summed E-state index contributed by atoms with van der Waals surface area (Å²) in [5.41, 5.74) is 1.47. The second kappa shape index (κ2) is 10.7. The lowest BCUT2D eigenvalue weighted by Crippen LogP contribution is -2.30. The van der Waals surface area contributed by atoms with E-state index < -0.39 is 0 Å². The van der Waals surface area contributed by atoms with Crippen molar-refractivity contribution in [3.63, 3.8) is 0 Å². The number of carbonyl (C=O) groups excluding carboxylic acids is 2. The maximum Gasteiger partial charge on any atom is 0.262 e. The average molecular weight is 395 g/mol. The van der Waals surface area contributed by atoms with Crippen LogP contribution >= 0.6 is 0 Å². The van der Waals surface area contributed by atoms with Crippen molar-refractivity contribution in [3.05, 3.63) is 53.6 Å². The highest BCUT2D eigenvalue weighted by Crippen LogP contribution is 2.28. The maximum atomic E-state index is 12.5. The Labute approximate surface area is 170 Å². The summed E-state index contributed by atoms with van der Waals surface area (Å²) in [5.74, 6) is 0.336. The van der Waals surface area contributed by atoms with Gasteiger partial charge in [0.25, 0.3) is 11.8 Å². The Morgan fingerprint density at radius 2 is 1.79 bits per heavy atom. The standard InChI is InChI=1S/C22H25N3O4/c1-4-25(5-2)22(27)17-8-7-9-18(13-17)24-21(26)15-29-19-11-10-16(14-23)12-20(19)28-6-3/h7-13H,4-6,15H2,1-3H3,(H,24,26). The van der Waals surface area contributed by atoms with E-state index in [2.05, 4.69) is 5.32 Å². The van der Waals surface area contributed by atoms with Crippen LogP contribution in [0.4, 0.5) is 5.69 Å². The number of nitriles is 1. The van der Waals surface area contributed by atoms with Gasteiger partial charge in [0.1, 0.15) is 0 Å². The number of benzene rings is 2. The first-order valence-electron chi connectivity index (χ1n) is 9.51. The van der Waals surface area contributed by atoms with Crippen LogP contribution < -0.4 is 14.8 Å². The Morgan fingerprint density at radius 1 is 1.03 bits per heavy atom. The molecule has 0 aliphatic carbocycles. The van der Waals surface area contributed by atoms with Gasteiger partial charge in [0.05, 0.1) is 18.2 Å². The Morgan fingerprint density at radius 3 is 2.45 bits per heavy atom. The fourth-order valence-electron chi connectivity index (χ4n) is 2.73. The molecule has 0 aliphatic heterocycles. The van der Waals surface area contributed by atoms with Crippen molar-refractivity contribution < 1.29 is 19.1 Å². The van der Waals surface area contributed by atoms with Gasteiger partial charge in [0.2, 0.25) is 0 Å². The zero-order chi connectivity index (χ0) is 21.2. The molecule has 7 nitrogen and oxygen atoms in total. The van der Waals surface area contributed by atoms with E-state index in [1.54, 1.807) is 47.4 Å². The molecule has 2 aromatic rings. The van der Waals surface area contributed by atoms with Gasteiger partial charge in [-0.3, -0.25) is 9.59 Å². The van der Waals surface area contributed by atoms with Crippen molar-refractivity contribution in [1.29, 1.82) is 5.26 Å². The predicted molar refractivity (Wildman–Crippen MR) is 110 cm³/mol. The number of amides is 2. The van der Waals surface area contributed by atoms with Crippen LogP contribution in [0.3, 0.4) is 0 Å². The topological polar surface area (TPSA) is 91.7 Å². The number of hydrogen-bond donors (Lipinski definition) is 1. The van der Waals surface area contributed by atoms with Crippen LogP contribution in [0.2, 0.25) is 0 Å². The van der Waals surface area contributed by atoms with Crippen molar-refractivity contribution in [2.75, 3.05) is 31.6 Å². The van der Waals surface area contributed by atoms with E-state index in [9.17, 15) is 9.59 Å². The summed E-state index contributed by atoms with van der Waals surface area (Å²) < 4.78 is 11.0. The molecule has 0 saturated carbocycles. The number of nitrogens with one attached hydrogen (secondary N) is 1. The zero-order valence-corrected chi connectivity index (χ0v) is 16.9. The number of ether oxygens (including phenoxy) is 2. The minimum Gasteiger partial charge on any atom is -0.490 e. The quantitative estimate of drug-likeness (QED) is 0.702. The summed E-state index contributed by atoms with van der Waals surface area (Å²) in [5, 5.41) is 11.7. The third-order valence-electron chi connectivity index (χ3n) is 4.18. The van der Waals surface area contributed by atoms with E-state index in [1.807, 2.05) is 26.8 Å². The van der Waals surface area contributed by atoms with Crippen LogP contribution in [0.1, 0.15) is 36.7 Å². The molecule has 0 atom stereocenters. The van der Waals surface area contributed by atoms with E-state index in [0.717, 1.165) is 0 Å². The van der Waals surface area contributed by atoms with Gasteiger partial charge >= 0.3 is 0 Å². The third-order valence-corrected chi connectivity index (χ3v) is 4.18. The van der Waals surface area contributed by atoms with Gasteiger partial charge in [0, 0.05) is 30.4 Å². The average Bonchev–Trinajstić information content (AvgIpc) is 2.74. The summed E-state index contributed by atoms with van der Waals surface area (Å²) in [7, 11) is 0. The van der Waals surface area contributed by atoms with Gasteiger partial charge < -0.3 is 19.7 Å². The lowest BCUT2D eigenvalue weighted by Gasteiger charge is -2.19. The summed E-state index contributed by atoms with van der Waals surface area (Å²) >= 11 is 0. The fraction of sp³-hybridized carbons (Fsp3) is 0.318. The molecule has 0 aliphatic rings. The fourth-order valence-corrected chi connectivity index (χ4v) is 2.73. The number of nitrogens with zero attached hydrogens (tertiary/aromatic N) is 2. The smallest absolute Gasteiger partial charge is 0.262 e. The zero-order valence-electron chi connectivity index (χ0n) is 16.9. The van der Waals surface area contributed by atoms with E-state index >= 15 is 0 Å². The van der Waals surface area contributed by atoms with Gasteiger partial charge in [-0.2, -0.15) is 5.26 Å². The molecule has 0 saturated heterocycles. The Bertz CT molecular complexity index is 901. The molecule has 7 heteroatoms. The molecular formula is C22H25N3O4. The molecule has 2 rings (SSSR count). The molecule has 2 aromatic carbocycles. The van der Waals surface area contributed by atoms with Crippen LogP contribution in [0.25, 0.3) is 0 Å². The van der Waals surface area contributed by atoms with E-state index in [0.29, 0.717) is 48.0 Å². The van der Waals surface area contributed by atoms with Gasteiger partial charge in [0.15, 0.2) is 18.1 Å².